The van der Waals surface area contributed by atoms with Crippen LogP contribution < -0.4 is 10.2 Å². The maximum Gasteiger partial charge on any atom is 0.283 e. The standard InChI is InChI=1S/C16H9ClFN3O4/c17-13-14(19-10-6-4-9(18)5-7-10)16(23)20(15(13)22)11-2-1-3-12(8-11)21(24)25/h1-8,19H. The van der Waals surface area contributed by atoms with E-state index in [2.05, 4.69) is 5.32 Å². The van der Waals surface area contributed by atoms with Crippen LogP contribution in [0.25, 0.3) is 0 Å². The minimum atomic E-state index is -0.809. The highest BCUT2D eigenvalue weighted by atomic mass is 35.5. The van der Waals surface area contributed by atoms with Gasteiger partial charge in [0.2, 0.25) is 0 Å². The third-order valence-electron chi connectivity index (χ3n) is 3.44. The van der Waals surface area contributed by atoms with Crippen molar-refractivity contribution in [3.63, 3.8) is 0 Å². The molecule has 7 nitrogen and oxygen atoms in total. The summed E-state index contributed by atoms with van der Waals surface area (Å²) in [6.45, 7) is 0. The monoisotopic (exact) mass is 361 g/mol. The van der Waals surface area contributed by atoms with Crippen molar-refractivity contribution in [1.29, 1.82) is 0 Å². The third kappa shape index (κ3) is 3.07. The van der Waals surface area contributed by atoms with Crippen molar-refractivity contribution < 1.29 is 18.9 Å². The molecule has 3 rings (SSSR count). The van der Waals surface area contributed by atoms with Crippen LogP contribution in [0.4, 0.5) is 21.5 Å². The fourth-order valence-corrected chi connectivity index (χ4v) is 2.48. The lowest BCUT2D eigenvalue weighted by Gasteiger charge is -2.14. The number of hydrogen-bond acceptors (Lipinski definition) is 5. The molecular formula is C16H9ClFN3O4. The maximum atomic E-state index is 13.0. The van der Waals surface area contributed by atoms with E-state index in [1.807, 2.05) is 0 Å². The van der Waals surface area contributed by atoms with Gasteiger partial charge in [0.1, 0.15) is 16.5 Å². The Hall–Kier alpha value is -3.26. The number of nitrogens with zero attached hydrogens (tertiary/aromatic N) is 2. The molecule has 0 aliphatic carbocycles. The second kappa shape index (κ2) is 6.33. The first-order valence-corrected chi connectivity index (χ1v) is 7.32. The molecule has 0 saturated carbocycles. The predicted octanol–water partition coefficient (Wildman–Crippen LogP) is 3.17. The fourth-order valence-electron chi connectivity index (χ4n) is 2.27. The smallest absolute Gasteiger partial charge is 0.283 e. The van der Waals surface area contributed by atoms with E-state index < -0.39 is 22.6 Å². The minimum Gasteiger partial charge on any atom is -0.350 e. The number of imide groups is 1. The Morgan fingerprint density at radius 2 is 1.76 bits per heavy atom. The molecule has 1 N–H and O–H groups in total. The maximum absolute atomic E-state index is 13.0. The number of carbonyl (C=O) groups is 2. The van der Waals surface area contributed by atoms with Crippen molar-refractivity contribution in [3.05, 3.63) is 75.2 Å². The molecule has 1 aliphatic rings. The summed E-state index contributed by atoms with van der Waals surface area (Å²) in [6, 6.07) is 10.2. The van der Waals surface area contributed by atoms with E-state index in [-0.39, 0.29) is 22.1 Å². The van der Waals surface area contributed by atoms with E-state index in [1.54, 1.807) is 0 Å². The van der Waals surface area contributed by atoms with Gasteiger partial charge in [0.15, 0.2) is 0 Å². The van der Waals surface area contributed by atoms with Gasteiger partial charge < -0.3 is 5.32 Å². The van der Waals surface area contributed by atoms with Gasteiger partial charge in [-0.1, -0.05) is 17.7 Å². The van der Waals surface area contributed by atoms with Gasteiger partial charge in [-0.05, 0) is 30.3 Å². The molecule has 126 valence electrons. The molecule has 0 radical (unpaired) electrons. The molecule has 0 atom stereocenters. The molecule has 2 amide bonds. The summed E-state index contributed by atoms with van der Waals surface area (Å²) >= 11 is 5.95. The number of nitrogens with one attached hydrogen (secondary N) is 1. The average molecular weight is 362 g/mol. The van der Waals surface area contributed by atoms with E-state index in [4.69, 9.17) is 11.6 Å². The number of non-ortho nitro benzene ring substituents is 1. The highest BCUT2D eigenvalue weighted by Crippen LogP contribution is 2.31. The molecule has 0 aromatic heterocycles. The second-order valence-corrected chi connectivity index (χ2v) is 5.42. The Labute approximate surface area is 145 Å². The van der Waals surface area contributed by atoms with Crippen LogP contribution in [0.1, 0.15) is 0 Å². The number of benzene rings is 2. The van der Waals surface area contributed by atoms with Gasteiger partial charge >= 0.3 is 0 Å². The first kappa shape index (κ1) is 16.6. The van der Waals surface area contributed by atoms with E-state index in [9.17, 15) is 24.1 Å². The first-order chi connectivity index (χ1) is 11.9. The van der Waals surface area contributed by atoms with Gasteiger partial charge in [-0.15, -0.1) is 0 Å². The van der Waals surface area contributed by atoms with E-state index in [0.717, 1.165) is 11.0 Å². The Balaban J connectivity index is 1.92. The highest BCUT2D eigenvalue weighted by molar-refractivity contribution is 6.53. The number of rotatable bonds is 4. The first-order valence-electron chi connectivity index (χ1n) is 6.94. The summed E-state index contributed by atoms with van der Waals surface area (Å²) in [5, 5.41) is 13.2. The fraction of sp³-hybridized carbons (Fsp3) is 0. The lowest BCUT2D eigenvalue weighted by molar-refractivity contribution is -0.384. The number of halogens is 2. The Kier molecular flexibility index (Phi) is 4.20. The lowest BCUT2D eigenvalue weighted by atomic mass is 10.2. The molecule has 0 spiro atoms. The van der Waals surface area contributed by atoms with E-state index in [1.165, 1.54) is 42.5 Å². The van der Waals surface area contributed by atoms with Crippen LogP contribution in [0, 0.1) is 15.9 Å². The molecule has 0 unspecified atom stereocenters. The molecule has 2 aromatic carbocycles. The Morgan fingerprint density at radius 1 is 1.08 bits per heavy atom. The van der Waals surface area contributed by atoms with Crippen molar-refractivity contribution in [3.8, 4) is 0 Å². The van der Waals surface area contributed by atoms with E-state index >= 15 is 0 Å². The number of anilines is 2. The Bertz CT molecular complexity index is 927. The highest BCUT2D eigenvalue weighted by Gasteiger charge is 2.39. The van der Waals surface area contributed by atoms with Crippen LogP contribution >= 0.6 is 11.6 Å². The summed E-state index contributed by atoms with van der Waals surface area (Å²) in [4.78, 5) is 35.8. The zero-order valence-corrected chi connectivity index (χ0v) is 13.2. The van der Waals surface area contributed by atoms with Crippen LogP contribution in [0.2, 0.25) is 0 Å². The molecule has 9 heteroatoms. The van der Waals surface area contributed by atoms with Crippen molar-refractivity contribution in [2.45, 2.75) is 0 Å². The second-order valence-electron chi connectivity index (χ2n) is 5.04. The molecule has 2 aromatic rings. The van der Waals surface area contributed by atoms with Crippen LogP contribution in [0.5, 0.6) is 0 Å². The molecule has 0 saturated heterocycles. The zero-order valence-electron chi connectivity index (χ0n) is 12.4. The number of nitro groups is 1. The van der Waals surface area contributed by atoms with E-state index in [0.29, 0.717) is 5.69 Å². The summed E-state index contributed by atoms with van der Waals surface area (Å²) in [5.41, 5.74) is -0.0752. The number of carbonyl (C=O) groups excluding carboxylic acids is 2. The van der Waals surface area contributed by atoms with Crippen LogP contribution in [-0.2, 0) is 9.59 Å². The largest absolute Gasteiger partial charge is 0.350 e. The number of hydrogen-bond donors (Lipinski definition) is 1. The van der Waals surface area contributed by atoms with Gasteiger partial charge in [-0.25, -0.2) is 9.29 Å². The Morgan fingerprint density at radius 3 is 2.40 bits per heavy atom. The van der Waals surface area contributed by atoms with Crippen LogP contribution in [-0.4, -0.2) is 16.7 Å². The van der Waals surface area contributed by atoms with Crippen molar-refractivity contribution in [2.75, 3.05) is 10.2 Å². The van der Waals surface area contributed by atoms with Gasteiger partial charge in [-0.3, -0.25) is 19.7 Å². The van der Waals surface area contributed by atoms with Crippen LogP contribution in [0.3, 0.4) is 0 Å². The SMILES string of the molecule is O=C1C(Cl)=C(Nc2ccc(F)cc2)C(=O)N1c1cccc([N+](=O)[O-])c1. The lowest BCUT2D eigenvalue weighted by Crippen LogP contribution is -2.32. The van der Waals surface area contributed by atoms with Gasteiger partial charge in [0.05, 0.1) is 10.6 Å². The topological polar surface area (TPSA) is 92.6 Å². The minimum absolute atomic E-state index is 0.0262. The predicted molar refractivity (Wildman–Crippen MR) is 88.5 cm³/mol. The number of nitro benzene ring substituents is 1. The normalized spacial score (nSPS) is 14.2. The third-order valence-corrected chi connectivity index (χ3v) is 3.79. The van der Waals surface area contributed by atoms with Crippen LogP contribution in [0.15, 0.2) is 59.3 Å². The summed E-state index contributed by atoms with van der Waals surface area (Å²) in [7, 11) is 0. The summed E-state index contributed by atoms with van der Waals surface area (Å²) < 4.78 is 13.0. The molecular weight excluding hydrogens is 353 g/mol. The number of amides is 2. The quantitative estimate of drug-likeness (QED) is 0.513. The molecule has 0 fully saturated rings. The molecule has 1 heterocycles. The molecule has 25 heavy (non-hydrogen) atoms. The molecule has 1 aliphatic heterocycles. The van der Waals surface area contributed by atoms with Crippen molar-refractivity contribution >= 4 is 40.5 Å². The average Bonchev–Trinajstić information content (AvgIpc) is 2.80. The summed E-state index contributed by atoms with van der Waals surface area (Å²) in [6.07, 6.45) is 0. The van der Waals surface area contributed by atoms with Gasteiger partial charge in [0, 0.05) is 17.8 Å². The van der Waals surface area contributed by atoms with Crippen molar-refractivity contribution in [2.24, 2.45) is 0 Å². The van der Waals surface area contributed by atoms with Gasteiger partial charge in [-0.2, -0.15) is 0 Å². The van der Waals surface area contributed by atoms with Gasteiger partial charge in [0.25, 0.3) is 17.5 Å². The zero-order chi connectivity index (χ0) is 18.1. The van der Waals surface area contributed by atoms with Crippen molar-refractivity contribution in [1.82, 2.24) is 0 Å². The summed E-state index contributed by atoms with van der Waals surface area (Å²) in [5.74, 6) is -2.03. The molecule has 0 bridgehead atoms.